The number of alkyl halides is 1. The van der Waals surface area contributed by atoms with Gasteiger partial charge in [-0.1, -0.05) is 6.07 Å². The van der Waals surface area contributed by atoms with E-state index in [-0.39, 0.29) is 5.91 Å². The SMILES string of the molecule is O=C(Nc1cc(N2CC(F)C2)nc(C2CC2)n1)c1cccc(-c2cnn(CC3CC3)c2)n1. The number of hydrogen-bond acceptors (Lipinski definition) is 6. The molecule has 1 amide bonds. The summed E-state index contributed by atoms with van der Waals surface area (Å²) in [5, 5.41) is 7.28. The van der Waals surface area contributed by atoms with Crippen molar-refractivity contribution in [2.24, 2.45) is 5.92 Å². The second-order valence-corrected chi connectivity index (χ2v) is 9.00. The van der Waals surface area contributed by atoms with E-state index in [1.54, 1.807) is 18.3 Å². The fraction of sp³-hybridized carbons (Fsp3) is 0.435. The molecule has 6 rings (SSSR count). The topological polar surface area (TPSA) is 88.8 Å². The Labute approximate surface area is 184 Å². The van der Waals surface area contributed by atoms with Crippen molar-refractivity contribution in [1.29, 1.82) is 0 Å². The third-order valence-electron chi connectivity index (χ3n) is 6.13. The van der Waals surface area contributed by atoms with Crippen molar-refractivity contribution in [3.05, 3.63) is 48.2 Å². The van der Waals surface area contributed by atoms with E-state index < -0.39 is 6.17 Å². The summed E-state index contributed by atoms with van der Waals surface area (Å²) < 4.78 is 15.3. The fourth-order valence-electron chi connectivity index (χ4n) is 3.88. The third-order valence-corrected chi connectivity index (χ3v) is 6.13. The maximum Gasteiger partial charge on any atom is 0.275 e. The van der Waals surface area contributed by atoms with Crippen LogP contribution in [0.15, 0.2) is 36.7 Å². The number of aromatic nitrogens is 5. The Morgan fingerprint density at radius 3 is 2.72 bits per heavy atom. The highest BCUT2D eigenvalue weighted by Gasteiger charge is 2.32. The van der Waals surface area contributed by atoms with Crippen LogP contribution in [0.25, 0.3) is 11.3 Å². The van der Waals surface area contributed by atoms with Crippen LogP contribution in [0.5, 0.6) is 0 Å². The van der Waals surface area contributed by atoms with Gasteiger partial charge in [0.2, 0.25) is 0 Å². The summed E-state index contributed by atoms with van der Waals surface area (Å²) >= 11 is 0. The molecule has 4 heterocycles. The number of carbonyl (C=O) groups is 1. The molecule has 0 radical (unpaired) electrons. The number of pyridine rings is 1. The third kappa shape index (κ3) is 4.06. The van der Waals surface area contributed by atoms with Crippen LogP contribution in [0.4, 0.5) is 16.0 Å². The maximum absolute atomic E-state index is 13.3. The first-order valence-electron chi connectivity index (χ1n) is 11.2. The van der Waals surface area contributed by atoms with Crippen LogP contribution < -0.4 is 10.2 Å². The summed E-state index contributed by atoms with van der Waals surface area (Å²) in [4.78, 5) is 28.5. The first kappa shape index (κ1) is 19.3. The van der Waals surface area contributed by atoms with E-state index >= 15 is 0 Å². The molecule has 1 saturated heterocycles. The molecule has 1 aliphatic heterocycles. The summed E-state index contributed by atoms with van der Waals surface area (Å²) in [6.45, 7) is 1.58. The molecule has 0 aromatic carbocycles. The van der Waals surface area contributed by atoms with Gasteiger partial charge in [-0.15, -0.1) is 0 Å². The molecule has 1 N–H and O–H groups in total. The molecule has 3 aliphatic rings. The van der Waals surface area contributed by atoms with Crippen LogP contribution in [0.1, 0.15) is 47.9 Å². The van der Waals surface area contributed by atoms with Crippen molar-refractivity contribution in [3.8, 4) is 11.3 Å². The molecular formula is C23H24FN7O. The van der Waals surface area contributed by atoms with Crippen LogP contribution in [0.3, 0.4) is 0 Å². The minimum Gasteiger partial charge on any atom is -0.350 e. The zero-order valence-electron chi connectivity index (χ0n) is 17.6. The maximum atomic E-state index is 13.3. The van der Waals surface area contributed by atoms with Gasteiger partial charge < -0.3 is 10.2 Å². The molecule has 164 valence electrons. The lowest BCUT2D eigenvalue weighted by molar-refractivity contribution is 0.102. The fourth-order valence-corrected chi connectivity index (χ4v) is 3.88. The van der Waals surface area contributed by atoms with Crippen LogP contribution in [-0.2, 0) is 6.54 Å². The number of carbonyl (C=O) groups excluding carboxylic acids is 1. The average molecular weight is 433 g/mol. The Kier molecular flexibility index (Phi) is 4.62. The van der Waals surface area contributed by atoms with E-state index in [2.05, 4.69) is 25.4 Å². The van der Waals surface area contributed by atoms with Crippen molar-refractivity contribution in [1.82, 2.24) is 24.7 Å². The lowest BCUT2D eigenvalue weighted by atomic mass is 10.2. The molecule has 2 saturated carbocycles. The number of anilines is 2. The normalized spacial score (nSPS) is 18.5. The summed E-state index contributed by atoms with van der Waals surface area (Å²) in [6, 6.07) is 7.08. The predicted molar refractivity (Wildman–Crippen MR) is 117 cm³/mol. The molecule has 0 spiro atoms. The van der Waals surface area contributed by atoms with Gasteiger partial charge in [-0.05, 0) is 43.7 Å². The van der Waals surface area contributed by atoms with E-state index in [0.717, 1.165) is 30.9 Å². The second kappa shape index (κ2) is 7.65. The Hall–Kier alpha value is -3.36. The van der Waals surface area contributed by atoms with Crippen molar-refractivity contribution in [2.45, 2.75) is 44.3 Å². The smallest absolute Gasteiger partial charge is 0.275 e. The van der Waals surface area contributed by atoms with Gasteiger partial charge in [0.1, 0.15) is 29.3 Å². The highest BCUT2D eigenvalue weighted by Crippen LogP contribution is 2.39. The Morgan fingerprint density at radius 1 is 1.12 bits per heavy atom. The van der Waals surface area contributed by atoms with Gasteiger partial charge in [-0.25, -0.2) is 19.3 Å². The van der Waals surface area contributed by atoms with Gasteiger partial charge >= 0.3 is 0 Å². The highest BCUT2D eigenvalue weighted by atomic mass is 19.1. The molecule has 9 heteroatoms. The lowest BCUT2D eigenvalue weighted by Crippen LogP contribution is -2.49. The van der Waals surface area contributed by atoms with Crippen LogP contribution in [0, 0.1) is 5.92 Å². The lowest BCUT2D eigenvalue weighted by Gasteiger charge is -2.35. The van der Waals surface area contributed by atoms with Crippen molar-refractivity contribution >= 4 is 17.5 Å². The first-order chi connectivity index (χ1) is 15.6. The van der Waals surface area contributed by atoms with E-state index in [9.17, 15) is 9.18 Å². The van der Waals surface area contributed by atoms with Gasteiger partial charge in [0.15, 0.2) is 0 Å². The van der Waals surface area contributed by atoms with E-state index in [4.69, 9.17) is 0 Å². The summed E-state index contributed by atoms with van der Waals surface area (Å²) in [5.74, 6) is 2.52. The number of rotatable bonds is 7. The second-order valence-electron chi connectivity index (χ2n) is 9.00. The monoisotopic (exact) mass is 433 g/mol. The molecule has 3 aromatic rings. The van der Waals surface area contributed by atoms with Gasteiger partial charge in [0.05, 0.1) is 25.0 Å². The molecule has 32 heavy (non-hydrogen) atoms. The predicted octanol–water partition coefficient (Wildman–Crippen LogP) is 3.43. The minimum atomic E-state index is -0.826. The standard InChI is InChI=1S/C23H24FN7O/c24-17-12-30(13-17)21-8-20(27-22(29-21)15-6-7-15)28-23(32)19-3-1-2-18(26-19)16-9-25-31(11-16)10-14-4-5-14/h1-3,8-9,11,14-15,17H,4-7,10,12-13H2,(H,27,28,29,32). The van der Waals surface area contributed by atoms with Crippen molar-refractivity contribution in [2.75, 3.05) is 23.3 Å². The van der Waals surface area contributed by atoms with Crippen LogP contribution in [-0.4, -0.2) is 49.9 Å². The highest BCUT2D eigenvalue weighted by molar-refractivity contribution is 6.02. The number of amides is 1. The van der Waals surface area contributed by atoms with Gasteiger partial charge in [-0.2, -0.15) is 5.10 Å². The molecule has 8 nitrogen and oxygen atoms in total. The van der Waals surface area contributed by atoms with E-state index in [0.29, 0.717) is 47.9 Å². The minimum absolute atomic E-state index is 0.304. The zero-order valence-corrected chi connectivity index (χ0v) is 17.6. The average Bonchev–Trinajstić information content (AvgIpc) is 3.70. The Balaban J connectivity index is 1.21. The van der Waals surface area contributed by atoms with E-state index in [1.165, 1.54) is 12.8 Å². The quantitative estimate of drug-likeness (QED) is 0.614. The Bertz CT molecular complexity index is 1160. The molecular weight excluding hydrogens is 409 g/mol. The molecule has 2 aliphatic carbocycles. The molecule has 3 aromatic heterocycles. The summed E-state index contributed by atoms with van der Waals surface area (Å²) in [7, 11) is 0. The molecule has 0 atom stereocenters. The van der Waals surface area contributed by atoms with Gasteiger partial charge in [0, 0.05) is 30.3 Å². The summed E-state index contributed by atoms with van der Waals surface area (Å²) in [5.41, 5.74) is 1.90. The van der Waals surface area contributed by atoms with Crippen molar-refractivity contribution in [3.63, 3.8) is 0 Å². The van der Waals surface area contributed by atoms with Crippen molar-refractivity contribution < 1.29 is 9.18 Å². The Morgan fingerprint density at radius 2 is 1.97 bits per heavy atom. The number of nitrogens with zero attached hydrogens (tertiary/aromatic N) is 6. The van der Waals surface area contributed by atoms with Crippen LogP contribution >= 0.6 is 0 Å². The van der Waals surface area contributed by atoms with Gasteiger partial charge in [0.25, 0.3) is 5.91 Å². The molecule has 0 bridgehead atoms. The van der Waals surface area contributed by atoms with E-state index in [1.807, 2.05) is 27.9 Å². The zero-order chi connectivity index (χ0) is 21.7. The molecule has 0 unspecified atom stereocenters. The first-order valence-corrected chi connectivity index (χ1v) is 11.2. The van der Waals surface area contributed by atoms with Gasteiger partial charge in [-0.3, -0.25) is 9.48 Å². The number of hydrogen-bond donors (Lipinski definition) is 1. The van der Waals surface area contributed by atoms with Crippen LogP contribution in [0.2, 0.25) is 0 Å². The summed E-state index contributed by atoms with van der Waals surface area (Å²) in [6.07, 6.45) is 7.56. The largest absolute Gasteiger partial charge is 0.350 e. The number of nitrogens with one attached hydrogen (secondary N) is 1. The molecule has 3 fully saturated rings. The number of halogens is 1.